The van der Waals surface area contributed by atoms with E-state index >= 15 is 4.39 Å². The van der Waals surface area contributed by atoms with E-state index in [1.54, 1.807) is 13.2 Å². The van der Waals surface area contributed by atoms with E-state index in [1.807, 2.05) is 19.1 Å². The van der Waals surface area contributed by atoms with Crippen LogP contribution in [0.3, 0.4) is 0 Å². The van der Waals surface area contributed by atoms with Crippen molar-refractivity contribution in [2.24, 2.45) is 11.8 Å². The second-order valence-corrected chi connectivity index (χ2v) is 12.4. The molecule has 3 heterocycles. The summed E-state index contributed by atoms with van der Waals surface area (Å²) in [5.41, 5.74) is 5.55. The van der Waals surface area contributed by atoms with Gasteiger partial charge in [0.25, 0.3) is 0 Å². The summed E-state index contributed by atoms with van der Waals surface area (Å²) in [5.74, 6) is 0.0257. The van der Waals surface area contributed by atoms with Crippen LogP contribution in [0.25, 0.3) is 11.1 Å². The number of halogens is 1. The molecule has 0 spiro atoms. The number of carboxylic acid groups (broad SMARTS) is 1. The number of rotatable bonds is 10. The predicted octanol–water partition coefficient (Wildman–Crippen LogP) is 6.79. The van der Waals surface area contributed by atoms with Crippen molar-refractivity contribution in [3.63, 3.8) is 0 Å². The highest BCUT2D eigenvalue weighted by Crippen LogP contribution is 2.48. The van der Waals surface area contributed by atoms with Crippen molar-refractivity contribution in [2.75, 3.05) is 27.3 Å². The van der Waals surface area contributed by atoms with Crippen molar-refractivity contribution >= 4 is 5.97 Å². The lowest BCUT2D eigenvalue weighted by atomic mass is 9.82. The number of hydrogen-bond acceptors (Lipinski definition) is 6. The molecule has 2 fully saturated rings. The number of benzene rings is 2. The van der Waals surface area contributed by atoms with E-state index in [0.717, 1.165) is 85.2 Å². The van der Waals surface area contributed by atoms with Gasteiger partial charge in [0.2, 0.25) is 5.88 Å². The SMILES string of the molecule is COc1cc(-c2ccc(C3CCc4ccc([C@H](C5CC5)[C@H](C)C(=O)O)cc4O3)cc2CN2CCCC(OC)C2)c(F)cn1. The molecule has 1 aromatic heterocycles. The van der Waals surface area contributed by atoms with E-state index in [4.69, 9.17) is 14.2 Å². The lowest BCUT2D eigenvalue weighted by Crippen LogP contribution is -2.38. The molecule has 1 saturated carbocycles. The maximum absolute atomic E-state index is 15.1. The number of aromatic nitrogens is 1. The second-order valence-electron chi connectivity index (χ2n) is 12.4. The number of methoxy groups -OCH3 is 2. The number of nitrogens with zero attached hydrogens (tertiary/aromatic N) is 2. The summed E-state index contributed by atoms with van der Waals surface area (Å²) in [6, 6.07) is 14.1. The zero-order valence-electron chi connectivity index (χ0n) is 25.2. The molecule has 3 aliphatic rings. The standard InChI is InChI=1S/C35H41FN2O5/c1-21(35(39)40)34(23-7-8-23)25-9-6-22-11-13-31(43-32(22)16-25)24-10-12-28(29-17-33(42-3)37-18-30(29)36)26(15-24)19-38-14-4-5-27(20-38)41-2/h6,9-10,12,15-18,21,23,27,31,34H,4-5,7-8,11,13-14,19-20H2,1-3H3,(H,39,40)/t21-,27?,31?,34-/m0/s1. The molecule has 1 saturated heterocycles. The number of pyridine rings is 1. The first-order chi connectivity index (χ1) is 20.8. The molecule has 228 valence electrons. The third-order valence-electron chi connectivity index (χ3n) is 9.50. The van der Waals surface area contributed by atoms with Gasteiger partial charge in [-0.25, -0.2) is 9.37 Å². The van der Waals surface area contributed by atoms with Gasteiger partial charge in [-0.3, -0.25) is 9.69 Å². The highest BCUT2D eigenvalue weighted by molar-refractivity contribution is 5.71. The highest BCUT2D eigenvalue weighted by Gasteiger charge is 2.39. The third-order valence-corrected chi connectivity index (χ3v) is 9.50. The normalized spacial score (nSPS) is 21.9. The Kier molecular flexibility index (Phi) is 8.68. The minimum Gasteiger partial charge on any atom is -0.485 e. The fraction of sp³-hybridized carbons (Fsp3) is 0.486. The molecule has 0 amide bonds. The van der Waals surface area contributed by atoms with Gasteiger partial charge in [0.1, 0.15) is 17.7 Å². The van der Waals surface area contributed by atoms with Crippen LogP contribution in [0.4, 0.5) is 4.39 Å². The summed E-state index contributed by atoms with van der Waals surface area (Å²) >= 11 is 0. The number of piperidine rings is 1. The topological polar surface area (TPSA) is 81.1 Å². The maximum Gasteiger partial charge on any atom is 0.306 e. The van der Waals surface area contributed by atoms with Crippen molar-refractivity contribution in [1.29, 1.82) is 0 Å². The minimum absolute atomic E-state index is 0.00891. The van der Waals surface area contributed by atoms with Crippen LogP contribution in [0.1, 0.15) is 73.3 Å². The van der Waals surface area contributed by atoms with E-state index in [-0.39, 0.29) is 23.9 Å². The van der Waals surface area contributed by atoms with Crippen LogP contribution in [0.15, 0.2) is 48.7 Å². The van der Waals surface area contributed by atoms with Crippen molar-refractivity contribution < 1.29 is 28.5 Å². The number of fused-ring (bicyclic) bond motifs is 1. The van der Waals surface area contributed by atoms with Gasteiger partial charge in [0.15, 0.2) is 0 Å². The van der Waals surface area contributed by atoms with Crippen LogP contribution >= 0.6 is 0 Å². The van der Waals surface area contributed by atoms with E-state index < -0.39 is 11.9 Å². The smallest absolute Gasteiger partial charge is 0.306 e. The number of aliphatic carboxylic acids is 1. The molecule has 8 heteroatoms. The quantitative estimate of drug-likeness (QED) is 0.279. The fourth-order valence-electron chi connectivity index (χ4n) is 6.94. The van der Waals surface area contributed by atoms with Crippen molar-refractivity contribution in [2.45, 2.75) is 70.1 Å². The predicted molar refractivity (Wildman–Crippen MR) is 162 cm³/mol. The monoisotopic (exact) mass is 588 g/mol. The first-order valence-corrected chi connectivity index (χ1v) is 15.4. The van der Waals surface area contributed by atoms with Gasteiger partial charge in [-0.2, -0.15) is 0 Å². The summed E-state index contributed by atoms with van der Waals surface area (Å²) < 4.78 is 32.8. The Balaban J connectivity index is 1.31. The first kappa shape index (κ1) is 29.6. The Morgan fingerprint density at radius 2 is 1.95 bits per heavy atom. The minimum atomic E-state index is -0.755. The molecule has 4 atom stereocenters. The van der Waals surface area contributed by atoms with Crippen LogP contribution in [0.2, 0.25) is 0 Å². The van der Waals surface area contributed by atoms with Gasteiger partial charge in [-0.05, 0) is 90.8 Å². The summed E-state index contributed by atoms with van der Waals surface area (Å²) in [6.07, 6.45) is 7.19. The molecule has 7 nitrogen and oxygen atoms in total. The first-order valence-electron chi connectivity index (χ1n) is 15.4. The fourth-order valence-corrected chi connectivity index (χ4v) is 6.94. The highest BCUT2D eigenvalue weighted by atomic mass is 19.1. The molecule has 3 aromatic rings. The lowest BCUT2D eigenvalue weighted by Gasteiger charge is -2.33. The maximum atomic E-state index is 15.1. The number of carbonyl (C=O) groups is 1. The third kappa shape index (κ3) is 6.41. The van der Waals surface area contributed by atoms with E-state index in [1.165, 1.54) is 13.3 Å². The number of hydrogen-bond donors (Lipinski definition) is 1. The summed E-state index contributed by atoms with van der Waals surface area (Å²) in [5, 5.41) is 9.77. The molecule has 2 unspecified atom stereocenters. The zero-order chi connectivity index (χ0) is 30.1. The average molecular weight is 589 g/mol. The Bertz CT molecular complexity index is 1470. The molecule has 6 rings (SSSR count). The summed E-state index contributed by atoms with van der Waals surface area (Å²) in [6.45, 7) is 4.26. The average Bonchev–Trinajstić information content (AvgIpc) is 3.86. The second kappa shape index (κ2) is 12.6. The molecule has 1 aliphatic carbocycles. The number of aryl methyl sites for hydroxylation is 1. The van der Waals surface area contributed by atoms with Crippen LogP contribution in [0, 0.1) is 17.7 Å². The van der Waals surface area contributed by atoms with E-state index in [0.29, 0.717) is 23.9 Å². The van der Waals surface area contributed by atoms with Gasteiger partial charge >= 0.3 is 5.97 Å². The molecule has 0 bridgehead atoms. The molecule has 0 radical (unpaired) electrons. The van der Waals surface area contributed by atoms with Gasteiger partial charge in [-0.1, -0.05) is 37.3 Å². The molecular formula is C35H41FN2O5. The molecule has 2 aliphatic heterocycles. The van der Waals surface area contributed by atoms with Gasteiger partial charge < -0.3 is 19.3 Å². The number of ether oxygens (including phenoxy) is 3. The van der Waals surface area contributed by atoms with Crippen molar-refractivity contribution in [3.05, 3.63) is 76.7 Å². The molecule has 43 heavy (non-hydrogen) atoms. The Morgan fingerprint density at radius 1 is 1.12 bits per heavy atom. The van der Waals surface area contributed by atoms with Crippen LogP contribution in [-0.4, -0.2) is 54.4 Å². The molecule has 2 aromatic carbocycles. The van der Waals surface area contributed by atoms with Crippen LogP contribution in [-0.2, 0) is 22.5 Å². The Labute approximate surface area is 253 Å². The Morgan fingerprint density at radius 3 is 2.70 bits per heavy atom. The van der Waals surface area contributed by atoms with Crippen LogP contribution in [0.5, 0.6) is 11.6 Å². The zero-order valence-corrected chi connectivity index (χ0v) is 25.2. The summed E-state index contributed by atoms with van der Waals surface area (Å²) in [7, 11) is 3.29. The van der Waals surface area contributed by atoms with Gasteiger partial charge in [-0.15, -0.1) is 0 Å². The molecule has 1 N–H and O–H groups in total. The van der Waals surface area contributed by atoms with Crippen LogP contribution < -0.4 is 9.47 Å². The summed E-state index contributed by atoms with van der Waals surface area (Å²) in [4.78, 5) is 18.3. The largest absolute Gasteiger partial charge is 0.485 e. The Hall–Kier alpha value is -3.49. The number of carboxylic acids is 1. The van der Waals surface area contributed by atoms with E-state index in [9.17, 15) is 9.90 Å². The van der Waals surface area contributed by atoms with Crippen molar-refractivity contribution in [1.82, 2.24) is 9.88 Å². The molecular weight excluding hydrogens is 547 g/mol. The van der Waals surface area contributed by atoms with E-state index in [2.05, 4.69) is 34.1 Å². The lowest BCUT2D eigenvalue weighted by molar-refractivity contribution is -0.142. The van der Waals surface area contributed by atoms with Gasteiger partial charge in [0, 0.05) is 31.8 Å². The van der Waals surface area contributed by atoms with Crippen molar-refractivity contribution in [3.8, 4) is 22.8 Å². The van der Waals surface area contributed by atoms with Gasteiger partial charge in [0.05, 0.1) is 25.3 Å². The number of likely N-dealkylation sites (tertiary alicyclic amines) is 1.